The molecular weight excluding hydrogens is 408 g/mol. The van der Waals surface area contributed by atoms with E-state index in [1.807, 2.05) is 30.3 Å². The number of carbonyl (C=O) groups excluding carboxylic acids is 2. The maximum absolute atomic E-state index is 13.0. The number of nitrogens with zero attached hydrogens (tertiary/aromatic N) is 3. The molecule has 0 unspecified atom stereocenters. The van der Waals surface area contributed by atoms with Crippen molar-refractivity contribution < 1.29 is 19.1 Å². The van der Waals surface area contributed by atoms with E-state index in [-0.39, 0.29) is 29.7 Å². The Balaban J connectivity index is 1.81. The second-order valence-electron chi connectivity index (χ2n) is 9.20. The lowest BCUT2D eigenvalue weighted by Crippen LogP contribution is -2.44. The van der Waals surface area contributed by atoms with Crippen molar-refractivity contribution in [1.29, 1.82) is 0 Å². The van der Waals surface area contributed by atoms with Gasteiger partial charge >= 0.3 is 0 Å². The number of methoxy groups -OCH3 is 2. The highest BCUT2D eigenvalue weighted by Gasteiger charge is 2.30. The minimum absolute atomic E-state index is 0.0165. The Bertz CT molecular complexity index is 926. The topological polar surface area (TPSA) is 85.7 Å². The molecule has 1 aromatic carbocycles. The first-order chi connectivity index (χ1) is 15.2. The first-order valence-corrected chi connectivity index (χ1v) is 11.1. The molecule has 0 aliphatic heterocycles. The molecule has 8 nitrogen and oxygen atoms in total. The van der Waals surface area contributed by atoms with Gasteiger partial charge in [-0.2, -0.15) is 5.10 Å². The molecule has 2 aromatic rings. The van der Waals surface area contributed by atoms with Gasteiger partial charge < -0.3 is 19.7 Å². The second-order valence-corrected chi connectivity index (χ2v) is 9.20. The van der Waals surface area contributed by atoms with Crippen molar-refractivity contribution in [3.05, 3.63) is 36.0 Å². The third kappa shape index (κ3) is 5.68. The highest BCUT2D eigenvalue weighted by Crippen LogP contribution is 2.29. The van der Waals surface area contributed by atoms with Gasteiger partial charge in [-0.3, -0.25) is 9.59 Å². The molecule has 0 saturated heterocycles. The molecule has 8 heteroatoms. The van der Waals surface area contributed by atoms with Crippen molar-refractivity contribution in [1.82, 2.24) is 14.7 Å². The quantitative estimate of drug-likeness (QED) is 0.643. The van der Waals surface area contributed by atoms with Crippen LogP contribution in [0.4, 0.5) is 5.82 Å². The molecule has 1 aliphatic rings. The molecule has 3 rings (SSSR count). The number of carbonyl (C=O) groups is 2. The molecule has 1 fully saturated rings. The number of anilines is 1. The number of ether oxygens (including phenoxy) is 2. The third-order valence-corrected chi connectivity index (χ3v) is 5.73. The summed E-state index contributed by atoms with van der Waals surface area (Å²) in [6, 6.07) is 9.36. The lowest BCUT2D eigenvalue weighted by molar-refractivity contribution is -0.141. The SMILES string of the molecule is COCCN(CC(=O)Nc1cc(C(C)(C)C)nn1-c1ccc(OC)cc1)C(=O)C1CCC1. The maximum atomic E-state index is 13.0. The first kappa shape index (κ1) is 23.8. The van der Waals surface area contributed by atoms with Crippen molar-refractivity contribution in [2.75, 3.05) is 39.2 Å². The number of aromatic nitrogens is 2. The van der Waals surface area contributed by atoms with E-state index in [0.717, 1.165) is 36.4 Å². The van der Waals surface area contributed by atoms with Gasteiger partial charge in [0.15, 0.2) is 0 Å². The minimum atomic E-state index is -0.260. The van der Waals surface area contributed by atoms with E-state index in [2.05, 4.69) is 26.1 Å². The van der Waals surface area contributed by atoms with Crippen LogP contribution in [-0.2, 0) is 19.7 Å². The molecule has 1 heterocycles. The van der Waals surface area contributed by atoms with Gasteiger partial charge in [-0.25, -0.2) is 4.68 Å². The summed E-state index contributed by atoms with van der Waals surface area (Å²) < 4.78 is 12.1. The lowest BCUT2D eigenvalue weighted by atomic mass is 9.84. The predicted octanol–water partition coefficient (Wildman–Crippen LogP) is 3.39. The molecule has 0 bridgehead atoms. The predicted molar refractivity (Wildman–Crippen MR) is 123 cm³/mol. The summed E-state index contributed by atoms with van der Waals surface area (Å²) >= 11 is 0. The smallest absolute Gasteiger partial charge is 0.245 e. The van der Waals surface area contributed by atoms with E-state index in [1.165, 1.54) is 0 Å². The standard InChI is InChI=1S/C24H34N4O4/c1-24(2,3)20-15-21(28(26-20)18-9-11-19(32-5)12-10-18)25-22(29)16-27(13-14-31-4)23(30)17-7-6-8-17/h9-12,15,17H,6-8,13-14,16H2,1-5H3,(H,25,29). The number of hydrogen-bond acceptors (Lipinski definition) is 5. The summed E-state index contributed by atoms with van der Waals surface area (Å²) in [6.07, 6.45) is 2.85. The Morgan fingerprint density at radius 3 is 2.41 bits per heavy atom. The van der Waals surface area contributed by atoms with Crippen LogP contribution in [0.1, 0.15) is 45.7 Å². The zero-order valence-electron chi connectivity index (χ0n) is 19.7. The van der Waals surface area contributed by atoms with Gasteiger partial charge in [0, 0.05) is 31.1 Å². The van der Waals surface area contributed by atoms with Crippen LogP contribution in [0.2, 0.25) is 0 Å². The van der Waals surface area contributed by atoms with Gasteiger partial charge in [-0.15, -0.1) is 0 Å². The van der Waals surface area contributed by atoms with Gasteiger partial charge in [-0.05, 0) is 37.1 Å². The molecule has 0 spiro atoms. The maximum Gasteiger partial charge on any atom is 0.245 e. The molecule has 1 aliphatic carbocycles. The van der Waals surface area contributed by atoms with E-state index in [0.29, 0.717) is 19.0 Å². The number of nitrogens with one attached hydrogen (secondary N) is 1. The van der Waals surface area contributed by atoms with E-state index < -0.39 is 0 Å². The van der Waals surface area contributed by atoms with Crippen LogP contribution < -0.4 is 10.1 Å². The Labute approximate surface area is 189 Å². The van der Waals surface area contributed by atoms with Gasteiger partial charge in [0.2, 0.25) is 11.8 Å². The molecule has 2 amide bonds. The lowest BCUT2D eigenvalue weighted by Gasteiger charge is -2.31. The summed E-state index contributed by atoms with van der Waals surface area (Å²) in [5.41, 5.74) is 1.46. The molecule has 174 valence electrons. The zero-order chi connectivity index (χ0) is 23.3. The van der Waals surface area contributed by atoms with Gasteiger partial charge in [0.1, 0.15) is 11.6 Å². The van der Waals surface area contributed by atoms with Gasteiger partial charge in [0.05, 0.1) is 31.6 Å². The van der Waals surface area contributed by atoms with Crippen molar-refractivity contribution in [2.45, 2.75) is 45.4 Å². The Kier molecular flexibility index (Phi) is 7.56. The summed E-state index contributed by atoms with van der Waals surface area (Å²) in [4.78, 5) is 27.3. The highest BCUT2D eigenvalue weighted by molar-refractivity contribution is 5.94. The van der Waals surface area contributed by atoms with E-state index >= 15 is 0 Å². The highest BCUT2D eigenvalue weighted by atomic mass is 16.5. The average Bonchev–Trinajstić information content (AvgIpc) is 3.14. The first-order valence-electron chi connectivity index (χ1n) is 11.1. The fourth-order valence-corrected chi connectivity index (χ4v) is 3.49. The molecular formula is C24H34N4O4. The normalized spacial score (nSPS) is 14.0. The summed E-state index contributed by atoms with van der Waals surface area (Å²) in [6.45, 7) is 6.99. The van der Waals surface area contributed by atoms with Crippen molar-refractivity contribution >= 4 is 17.6 Å². The minimum Gasteiger partial charge on any atom is -0.497 e. The Morgan fingerprint density at radius 1 is 1.19 bits per heavy atom. The van der Waals surface area contributed by atoms with Crippen LogP contribution >= 0.6 is 0 Å². The van der Waals surface area contributed by atoms with E-state index in [4.69, 9.17) is 14.6 Å². The second kappa shape index (κ2) is 10.2. The average molecular weight is 443 g/mol. The zero-order valence-corrected chi connectivity index (χ0v) is 19.7. The van der Waals surface area contributed by atoms with Crippen LogP contribution in [0, 0.1) is 5.92 Å². The third-order valence-electron chi connectivity index (χ3n) is 5.73. The Morgan fingerprint density at radius 2 is 1.88 bits per heavy atom. The van der Waals surface area contributed by atoms with Crippen molar-refractivity contribution in [3.8, 4) is 11.4 Å². The molecule has 0 radical (unpaired) electrons. The largest absolute Gasteiger partial charge is 0.497 e. The van der Waals surface area contributed by atoms with Crippen molar-refractivity contribution in [2.24, 2.45) is 5.92 Å². The van der Waals surface area contributed by atoms with Crippen LogP contribution in [0.15, 0.2) is 30.3 Å². The molecule has 32 heavy (non-hydrogen) atoms. The van der Waals surface area contributed by atoms with E-state index in [1.54, 1.807) is 23.8 Å². The van der Waals surface area contributed by atoms with Crippen LogP contribution in [0.25, 0.3) is 5.69 Å². The van der Waals surface area contributed by atoms with Gasteiger partial charge in [0.25, 0.3) is 0 Å². The number of benzene rings is 1. The fraction of sp³-hybridized carbons (Fsp3) is 0.542. The number of rotatable bonds is 9. The summed E-state index contributed by atoms with van der Waals surface area (Å²) in [5.74, 6) is 1.10. The van der Waals surface area contributed by atoms with Crippen molar-refractivity contribution in [3.63, 3.8) is 0 Å². The Hall–Kier alpha value is -2.87. The molecule has 1 aromatic heterocycles. The van der Waals surface area contributed by atoms with Gasteiger partial charge in [-0.1, -0.05) is 27.2 Å². The summed E-state index contributed by atoms with van der Waals surface area (Å²) in [5, 5.41) is 7.70. The van der Waals surface area contributed by atoms with Crippen LogP contribution in [0.5, 0.6) is 5.75 Å². The molecule has 1 saturated carbocycles. The fourth-order valence-electron chi connectivity index (χ4n) is 3.49. The van der Waals surface area contributed by atoms with Crippen LogP contribution in [-0.4, -0.2) is 60.4 Å². The number of hydrogen-bond donors (Lipinski definition) is 1. The monoisotopic (exact) mass is 442 g/mol. The summed E-state index contributed by atoms with van der Waals surface area (Å²) in [7, 11) is 3.21. The number of amides is 2. The molecule has 0 atom stereocenters. The molecule has 1 N–H and O–H groups in total. The van der Waals surface area contributed by atoms with E-state index in [9.17, 15) is 9.59 Å². The van der Waals surface area contributed by atoms with Crippen LogP contribution in [0.3, 0.4) is 0 Å².